The number of thioether (sulfide) groups is 1. The Hall–Kier alpha value is -1.61. The summed E-state index contributed by atoms with van der Waals surface area (Å²) >= 11 is -0.219. The number of piperidine rings is 1. The number of likely N-dealkylation sites (tertiary alicyclic amines) is 1. The third-order valence-corrected chi connectivity index (χ3v) is 3.98. The van der Waals surface area contributed by atoms with Gasteiger partial charge in [0.1, 0.15) is 0 Å². The van der Waals surface area contributed by atoms with E-state index in [9.17, 15) is 18.0 Å². The molecule has 6 heteroatoms. The second-order valence-electron chi connectivity index (χ2n) is 4.83. The van der Waals surface area contributed by atoms with Crippen LogP contribution in [0.25, 0.3) is 0 Å². The van der Waals surface area contributed by atoms with E-state index in [0.717, 1.165) is 12.8 Å². The molecule has 1 aliphatic rings. The summed E-state index contributed by atoms with van der Waals surface area (Å²) in [7, 11) is 0. The quantitative estimate of drug-likeness (QED) is 0.612. The highest BCUT2D eigenvalue weighted by molar-refractivity contribution is 8.00. The minimum atomic E-state index is -4.36. The maximum atomic E-state index is 12.4. The van der Waals surface area contributed by atoms with Crippen LogP contribution in [-0.4, -0.2) is 29.4 Å². The van der Waals surface area contributed by atoms with Gasteiger partial charge in [0, 0.05) is 29.5 Å². The molecule has 0 unspecified atom stereocenters. The molecule has 0 aromatic heterocycles. The molecule has 1 amide bonds. The predicted octanol–water partition coefficient (Wildman–Crippen LogP) is 3.78. The van der Waals surface area contributed by atoms with Crippen LogP contribution in [0.15, 0.2) is 29.2 Å². The van der Waals surface area contributed by atoms with Crippen molar-refractivity contribution in [1.82, 2.24) is 4.90 Å². The van der Waals surface area contributed by atoms with Gasteiger partial charge in [-0.3, -0.25) is 4.79 Å². The molecule has 0 N–H and O–H groups in total. The van der Waals surface area contributed by atoms with Gasteiger partial charge in [-0.15, -0.1) is 12.3 Å². The third kappa shape index (κ3) is 4.43. The number of hydrogen-bond acceptors (Lipinski definition) is 2. The molecule has 1 heterocycles. The summed E-state index contributed by atoms with van der Waals surface area (Å²) in [6.45, 7) is 1.06. The molecule has 0 aliphatic carbocycles. The van der Waals surface area contributed by atoms with Gasteiger partial charge in [-0.2, -0.15) is 13.2 Å². The first-order valence-electron chi connectivity index (χ1n) is 6.50. The van der Waals surface area contributed by atoms with E-state index in [4.69, 9.17) is 6.42 Å². The molecule has 2 nitrogen and oxygen atoms in total. The zero-order chi connectivity index (χ0) is 15.5. The standard InChI is InChI=1S/C15H14F3NOS/c1-2-11-5-4-8-19(10-11)14(20)12-6-3-7-13(9-12)21-15(16,17)18/h1,3,6-7,9,11H,4-5,8,10H2/t11-/m1/s1. The first-order chi connectivity index (χ1) is 9.89. The molecule has 0 spiro atoms. The van der Waals surface area contributed by atoms with Crippen LogP contribution in [0.1, 0.15) is 23.2 Å². The number of halogens is 3. The van der Waals surface area contributed by atoms with E-state index in [-0.39, 0.29) is 34.0 Å². The van der Waals surface area contributed by atoms with Crippen LogP contribution in [0.2, 0.25) is 0 Å². The van der Waals surface area contributed by atoms with Crippen molar-refractivity contribution in [3.63, 3.8) is 0 Å². The Morgan fingerprint density at radius 2 is 2.19 bits per heavy atom. The number of carbonyl (C=O) groups is 1. The van der Waals surface area contributed by atoms with Gasteiger partial charge in [0.05, 0.1) is 0 Å². The van der Waals surface area contributed by atoms with Crippen molar-refractivity contribution in [2.45, 2.75) is 23.2 Å². The number of terminal acetylenes is 1. The largest absolute Gasteiger partial charge is 0.446 e. The van der Waals surface area contributed by atoms with Crippen molar-refractivity contribution in [3.8, 4) is 12.3 Å². The van der Waals surface area contributed by atoms with Gasteiger partial charge in [0.15, 0.2) is 0 Å². The number of carbonyl (C=O) groups excluding carboxylic acids is 1. The van der Waals surface area contributed by atoms with Crippen molar-refractivity contribution in [2.24, 2.45) is 5.92 Å². The van der Waals surface area contributed by atoms with Crippen LogP contribution in [0, 0.1) is 18.3 Å². The fraction of sp³-hybridized carbons (Fsp3) is 0.400. The summed E-state index contributed by atoms with van der Waals surface area (Å²) in [5.74, 6) is 2.40. The molecule has 2 rings (SSSR count). The lowest BCUT2D eigenvalue weighted by Gasteiger charge is -2.30. The van der Waals surface area contributed by atoms with Crippen molar-refractivity contribution >= 4 is 17.7 Å². The van der Waals surface area contributed by atoms with Crippen molar-refractivity contribution in [3.05, 3.63) is 29.8 Å². The first kappa shape index (κ1) is 15.8. The van der Waals surface area contributed by atoms with Gasteiger partial charge in [0.2, 0.25) is 0 Å². The van der Waals surface area contributed by atoms with E-state index < -0.39 is 5.51 Å². The van der Waals surface area contributed by atoms with E-state index in [1.807, 2.05) is 0 Å². The molecule has 1 saturated heterocycles. The first-order valence-corrected chi connectivity index (χ1v) is 7.32. The van der Waals surface area contributed by atoms with Gasteiger partial charge in [-0.1, -0.05) is 6.07 Å². The Morgan fingerprint density at radius 3 is 2.86 bits per heavy atom. The van der Waals surface area contributed by atoms with Crippen molar-refractivity contribution < 1.29 is 18.0 Å². The molecule has 112 valence electrons. The van der Waals surface area contributed by atoms with Gasteiger partial charge >= 0.3 is 5.51 Å². The summed E-state index contributed by atoms with van der Waals surface area (Å²) in [5.41, 5.74) is -4.09. The number of hydrogen-bond donors (Lipinski definition) is 0. The summed E-state index contributed by atoms with van der Waals surface area (Å²) < 4.78 is 37.1. The maximum absolute atomic E-state index is 12.4. The molecule has 1 aliphatic heterocycles. The van der Waals surface area contributed by atoms with Crippen LogP contribution < -0.4 is 0 Å². The average Bonchev–Trinajstić information content (AvgIpc) is 2.45. The fourth-order valence-electron chi connectivity index (χ4n) is 2.31. The second-order valence-corrected chi connectivity index (χ2v) is 5.97. The van der Waals surface area contributed by atoms with E-state index in [0.29, 0.717) is 13.1 Å². The highest BCUT2D eigenvalue weighted by atomic mass is 32.2. The van der Waals surface area contributed by atoms with Crippen LogP contribution in [-0.2, 0) is 0 Å². The normalized spacial score (nSPS) is 19.1. The SMILES string of the molecule is C#C[C@@H]1CCCN(C(=O)c2cccc(SC(F)(F)F)c2)C1. The van der Waals surface area contributed by atoms with Gasteiger partial charge < -0.3 is 4.90 Å². The Labute approximate surface area is 125 Å². The number of amides is 1. The van der Waals surface area contributed by atoms with Gasteiger partial charge in [-0.05, 0) is 42.8 Å². The van der Waals surface area contributed by atoms with Crippen LogP contribution >= 0.6 is 11.8 Å². The van der Waals surface area contributed by atoms with Crippen LogP contribution in [0.5, 0.6) is 0 Å². The summed E-state index contributed by atoms with van der Waals surface area (Å²) in [6.07, 6.45) is 7.08. The van der Waals surface area contributed by atoms with Gasteiger partial charge in [-0.25, -0.2) is 0 Å². The molecule has 21 heavy (non-hydrogen) atoms. The second kappa shape index (κ2) is 6.44. The Bertz CT molecular complexity index is 565. The van der Waals surface area contributed by atoms with E-state index in [2.05, 4.69) is 5.92 Å². The van der Waals surface area contributed by atoms with E-state index in [1.165, 1.54) is 24.3 Å². The molecule has 1 aromatic carbocycles. The lowest BCUT2D eigenvalue weighted by Crippen LogP contribution is -2.39. The molecular weight excluding hydrogens is 299 g/mol. The number of nitrogens with zero attached hydrogens (tertiary/aromatic N) is 1. The Balaban J connectivity index is 2.12. The molecule has 1 fully saturated rings. The fourth-order valence-corrected chi connectivity index (χ4v) is 2.91. The zero-order valence-corrected chi connectivity index (χ0v) is 12.0. The van der Waals surface area contributed by atoms with Crippen molar-refractivity contribution in [1.29, 1.82) is 0 Å². The van der Waals surface area contributed by atoms with E-state index >= 15 is 0 Å². The minimum absolute atomic E-state index is 0.0128. The number of rotatable bonds is 2. The lowest BCUT2D eigenvalue weighted by atomic mass is 9.98. The van der Waals surface area contributed by atoms with Crippen molar-refractivity contribution in [2.75, 3.05) is 13.1 Å². The highest BCUT2D eigenvalue weighted by Crippen LogP contribution is 2.37. The molecule has 0 bridgehead atoms. The minimum Gasteiger partial charge on any atom is -0.337 e. The molecular formula is C15H14F3NOS. The van der Waals surface area contributed by atoms with E-state index in [1.54, 1.807) is 4.90 Å². The maximum Gasteiger partial charge on any atom is 0.446 e. The van der Waals surface area contributed by atoms with Gasteiger partial charge in [0.25, 0.3) is 5.91 Å². The predicted molar refractivity (Wildman–Crippen MR) is 75.8 cm³/mol. The number of benzene rings is 1. The Morgan fingerprint density at radius 1 is 1.43 bits per heavy atom. The third-order valence-electron chi connectivity index (χ3n) is 3.26. The summed E-state index contributed by atoms with van der Waals surface area (Å²) in [6, 6.07) is 5.61. The molecule has 1 atom stereocenters. The number of alkyl halides is 3. The van der Waals surface area contributed by atoms with Crippen LogP contribution in [0.3, 0.4) is 0 Å². The lowest BCUT2D eigenvalue weighted by molar-refractivity contribution is -0.0328. The average molecular weight is 313 g/mol. The summed E-state index contributed by atoms with van der Waals surface area (Å²) in [4.78, 5) is 14.0. The smallest absolute Gasteiger partial charge is 0.337 e. The monoisotopic (exact) mass is 313 g/mol. The summed E-state index contributed by atoms with van der Waals surface area (Å²) in [5, 5.41) is 0. The molecule has 0 radical (unpaired) electrons. The van der Waals surface area contributed by atoms with Crippen LogP contribution in [0.4, 0.5) is 13.2 Å². The zero-order valence-electron chi connectivity index (χ0n) is 11.2. The topological polar surface area (TPSA) is 20.3 Å². The highest BCUT2D eigenvalue weighted by Gasteiger charge is 2.30. The molecule has 1 aromatic rings. The Kier molecular flexibility index (Phi) is 4.84. The molecule has 0 saturated carbocycles.